The summed E-state index contributed by atoms with van der Waals surface area (Å²) >= 11 is 5.25. The summed E-state index contributed by atoms with van der Waals surface area (Å²) in [6.07, 6.45) is 0. The van der Waals surface area contributed by atoms with Crippen molar-refractivity contribution in [1.29, 1.82) is 0 Å². The molecule has 0 amide bonds. The molecule has 12 heavy (non-hydrogen) atoms. The van der Waals surface area contributed by atoms with Crippen molar-refractivity contribution in [3.8, 4) is 0 Å². The molecule has 1 heterocycles. The molecule has 0 aliphatic rings. The molecule has 1 nitrogen and oxygen atoms in total. The van der Waals surface area contributed by atoms with Gasteiger partial charge >= 0.3 is 0 Å². The van der Waals surface area contributed by atoms with E-state index < -0.39 is 0 Å². The van der Waals surface area contributed by atoms with E-state index in [9.17, 15) is 0 Å². The fraction of sp³-hybridized carbons (Fsp3) is 0.556. The zero-order chi connectivity index (χ0) is 9.14. The first-order chi connectivity index (χ1) is 5.59. The Morgan fingerprint density at radius 2 is 2.00 bits per heavy atom. The molecular weight excluding hydrogens is 234 g/mol. The van der Waals surface area contributed by atoms with Crippen LogP contribution in [0.4, 0.5) is 0 Å². The van der Waals surface area contributed by atoms with E-state index in [0.29, 0.717) is 12.1 Å². The Kier molecular flexibility index (Phi) is 3.75. The van der Waals surface area contributed by atoms with Crippen LogP contribution < -0.4 is 5.32 Å². The van der Waals surface area contributed by atoms with E-state index >= 15 is 0 Å². The predicted molar refractivity (Wildman–Crippen MR) is 58.7 cm³/mol. The molecule has 1 atom stereocenters. The van der Waals surface area contributed by atoms with E-state index in [1.807, 2.05) is 0 Å². The van der Waals surface area contributed by atoms with E-state index in [1.165, 1.54) is 8.66 Å². The van der Waals surface area contributed by atoms with Crippen molar-refractivity contribution in [1.82, 2.24) is 5.32 Å². The smallest absolute Gasteiger partial charge is 0.0701 e. The summed E-state index contributed by atoms with van der Waals surface area (Å²) in [4.78, 5) is 1.38. The van der Waals surface area contributed by atoms with E-state index in [-0.39, 0.29) is 0 Å². The summed E-state index contributed by atoms with van der Waals surface area (Å²) in [6, 6.07) is 5.26. The maximum Gasteiger partial charge on any atom is 0.0701 e. The maximum absolute atomic E-state index is 3.46. The van der Waals surface area contributed by atoms with Crippen LogP contribution >= 0.6 is 27.3 Å². The van der Waals surface area contributed by atoms with E-state index in [1.54, 1.807) is 11.3 Å². The Hall–Kier alpha value is 0.140. The second-order valence-electron chi connectivity index (χ2n) is 3.18. The van der Waals surface area contributed by atoms with Crippen LogP contribution in [-0.4, -0.2) is 6.04 Å². The van der Waals surface area contributed by atoms with Crippen molar-refractivity contribution >= 4 is 27.3 Å². The van der Waals surface area contributed by atoms with Gasteiger partial charge in [0, 0.05) is 17.0 Å². The highest BCUT2D eigenvalue weighted by Gasteiger charge is 2.07. The van der Waals surface area contributed by atoms with Crippen LogP contribution in [0.5, 0.6) is 0 Å². The largest absolute Gasteiger partial charge is 0.307 e. The van der Waals surface area contributed by atoms with Gasteiger partial charge < -0.3 is 5.32 Å². The minimum absolute atomic E-state index is 0.460. The minimum Gasteiger partial charge on any atom is -0.307 e. The van der Waals surface area contributed by atoms with Crippen LogP contribution in [0.25, 0.3) is 0 Å². The topological polar surface area (TPSA) is 12.0 Å². The molecular formula is C9H14BrNS. The van der Waals surface area contributed by atoms with Gasteiger partial charge in [0.15, 0.2) is 0 Å². The number of halogens is 1. The monoisotopic (exact) mass is 247 g/mol. The van der Waals surface area contributed by atoms with Crippen LogP contribution in [0, 0.1) is 0 Å². The lowest BCUT2D eigenvalue weighted by molar-refractivity contribution is 0.512. The van der Waals surface area contributed by atoms with Gasteiger partial charge in [-0.1, -0.05) is 13.8 Å². The van der Waals surface area contributed by atoms with Gasteiger partial charge in [0.1, 0.15) is 0 Å². The third kappa shape index (κ3) is 2.88. The van der Waals surface area contributed by atoms with Gasteiger partial charge in [-0.25, -0.2) is 0 Å². The lowest BCUT2D eigenvalue weighted by Gasteiger charge is -2.14. The van der Waals surface area contributed by atoms with Crippen molar-refractivity contribution in [2.24, 2.45) is 0 Å². The molecule has 68 valence electrons. The first-order valence-electron chi connectivity index (χ1n) is 4.11. The van der Waals surface area contributed by atoms with Crippen LogP contribution in [0.1, 0.15) is 31.7 Å². The summed E-state index contributed by atoms with van der Waals surface area (Å²) in [5.41, 5.74) is 0. The van der Waals surface area contributed by atoms with Crippen molar-refractivity contribution in [3.63, 3.8) is 0 Å². The lowest BCUT2D eigenvalue weighted by atomic mass is 10.2. The normalized spacial score (nSPS) is 13.8. The second-order valence-corrected chi connectivity index (χ2v) is 5.68. The van der Waals surface area contributed by atoms with Gasteiger partial charge in [-0.05, 0) is 35.0 Å². The number of nitrogens with one attached hydrogen (secondary N) is 1. The van der Waals surface area contributed by atoms with E-state index in [4.69, 9.17) is 0 Å². The van der Waals surface area contributed by atoms with Crippen LogP contribution in [0.15, 0.2) is 15.9 Å². The zero-order valence-electron chi connectivity index (χ0n) is 7.60. The number of hydrogen-bond acceptors (Lipinski definition) is 2. The first-order valence-corrected chi connectivity index (χ1v) is 5.72. The van der Waals surface area contributed by atoms with Crippen LogP contribution in [0.2, 0.25) is 0 Å². The Morgan fingerprint density at radius 1 is 1.33 bits per heavy atom. The highest BCUT2D eigenvalue weighted by atomic mass is 79.9. The third-order valence-corrected chi connectivity index (χ3v) is 3.41. The predicted octanol–water partition coefficient (Wildman–Crippen LogP) is 3.57. The highest BCUT2D eigenvalue weighted by Crippen LogP contribution is 2.27. The molecule has 0 saturated heterocycles. The second kappa shape index (κ2) is 4.40. The van der Waals surface area contributed by atoms with Gasteiger partial charge in [0.2, 0.25) is 0 Å². The summed E-state index contributed by atoms with van der Waals surface area (Å²) < 4.78 is 1.20. The van der Waals surface area contributed by atoms with Gasteiger partial charge in [-0.2, -0.15) is 0 Å². The van der Waals surface area contributed by atoms with Gasteiger partial charge in [0.25, 0.3) is 0 Å². The molecule has 3 heteroatoms. The number of thiophene rings is 1. The van der Waals surface area contributed by atoms with Crippen molar-refractivity contribution < 1.29 is 0 Å². The molecule has 0 spiro atoms. The summed E-state index contributed by atoms with van der Waals surface area (Å²) in [5, 5.41) is 3.46. The summed E-state index contributed by atoms with van der Waals surface area (Å²) in [6.45, 7) is 6.52. The lowest BCUT2D eigenvalue weighted by Crippen LogP contribution is -2.25. The molecule has 0 bridgehead atoms. The number of hydrogen-bond donors (Lipinski definition) is 1. The Bertz CT molecular complexity index is 244. The van der Waals surface area contributed by atoms with Crippen LogP contribution in [0.3, 0.4) is 0 Å². The molecule has 0 unspecified atom stereocenters. The fourth-order valence-corrected chi connectivity index (χ4v) is 2.58. The first kappa shape index (κ1) is 10.2. The van der Waals surface area contributed by atoms with Gasteiger partial charge in [-0.3, -0.25) is 0 Å². The fourth-order valence-electron chi connectivity index (χ4n) is 1.14. The van der Waals surface area contributed by atoms with Crippen molar-refractivity contribution in [2.45, 2.75) is 32.9 Å². The maximum atomic E-state index is 3.46. The average Bonchev–Trinajstić information content (AvgIpc) is 2.34. The standard InChI is InChI=1S/C9H14BrNS/c1-6(2)11-7(3)8-4-5-9(10)12-8/h4-7,11H,1-3H3/t7-/m1/s1. The zero-order valence-corrected chi connectivity index (χ0v) is 10.00. The molecule has 0 radical (unpaired) electrons. The SMILES string of the molecule is CC(C)N[C@H](C)c1ccc(Br)s1. The van der Waals surface area contributed by atoms with Gasteiger partial charge in [0.05, 0.1) is 3.79 Å². The highest BCUT2D eigenvalue weighted by molar-refractivity contribution is 9.11. The molecule has 1 rings (SSSR count). The minimum atomic E-state index is 0.460. The third-order valence-electron chi connectivity index (χ3n) is 1.60. The average molecular weight is 248 g/mol. The van der Waals surface area contributed by atoms with Crippen molar-refractivity contribution in [2.75, 3.05) is 0 Å². The summed E-state index contributed by atoms with van der Waals surface area (Å²) in [5.74, 6) is 0. The van der Waals surface area contributed by atoms with E-state index in [2.05, 4.69) is 54.2 Å². The molecule has 0 fully saturated rings. The van der Waals surface area contributed by atoms with Crippen molar-refractivity contribution in [3.05, 3.63) is 20.8 Å². The molecule has 0 saturated carbocycles. The number of rotatable bonds is 3. The Labute approximate surface area is 86.3 Å². The van der Waals surface area contributed by atoms with E-state index in [0.717, 1.165) is 0 Å². The molecule has 1 aromatic heterocycles. The molecule has 1 aromatic rings. The quantitative estimate of drug-likeness (QED) is 0.862. The molecule has 0 aliphatic heterocycles. The molecule has 0 aromatic carbocycles. The molecule has 1 N–H and O–H groups in total. The Balaban J connectivity index is 2.58. The molecule has 0 aliphatic carbocycles. The summed E-state index contributed by atoms with van der Waals surface area (Å²) in [7, 11) is 0. The van der Waals surface area contributed by atoms with Gasteiger partial charge in [-0.15, -0.1) is 11.3 Å². The Morgan fingerprint density at radius 3 is 2.42 bits per heavy atom. The van der Waals surface area contributed by atoms with Crippen LogP contribution in [-0.2, 0) is 0 Å².